The van der Waals surface area contributed by atoms with Crippen LogP contribution in [0.5, 0.6) is 11.5 Å². The number of carbonyl (C=O) groups excluding carboxylic acids is 1. The van der Waals surface area contributed by atoms with Gasteiger partial charge in [-0.25, -0.2) is 4.98 Å². The zero-order valence-electron chi connectivity index (χ0n) is 15.4. The average molecular weight is 375 g/mol. The van der Waals surface area contributed by atoms with Crippen molar-refractivity contribution in [2.75, 3.05) is 27.0 Å². The van der Waals surface area contributed by atoms with Gasteiger partial charge < -0.3 is 14.4 Å². The highest BCUT2D eigenvalue weighted by Crippen LogP contribution is 2.32. The van der Waals surface area contributed by atoms with Crippen LogP contribution in [0.1, 0.15) is 13.8 Å². The van der Waals surface area contributed by atoms with Crippen molar-refractivity contribution < 1.29 is 14.3 Å². The Hall–Kier alpha value is -2.73. The van der Waals surface area contributed by atoms with Crippen molar-refractivity contribution in [2.24, 2.45) is 0 Å². The third-order valence-corrected chi connectivity index (χ3v) is 4.77. The number of nitrogens with one attached hydrogen (secondary N) is 1. The minimum absolute atomic E-state index is 0.138. The molecule has 0 saturated heterocycles. The molecule has 0 saturated carbocycles. The maximum atomic E-state index is 12.2. The number of nitriles is 1. The van der Waals surface area contributed by atoms with Gasteiger partial charge in [0, 0.05) is 13.1 Å². The number of amides is 1. The quantitative estimate of drug-likeness (QED) is 0.741. The van der Waals surface area contributed by atoms with Crippen molar-refractivity contribution in [3.8, 4) is 29.0 Å². The second-order valence-corrected chi connectivity index (χ2v) is 6.89. The van der Waals surface area contributed by atoms with Crippen LogP contribution in [0.4, 0.5) is 0 Å². The minimum Gasteiger partial charge on any atom is -0.497 e. The molecular formula is C17H21N5O3S. The first-order valence-corrected chi connectivity index (χ1v) is 8.76. The molecule has 0 fully saturated rings. The Kier molecular flexibility index (Phi) is 6.10. The number of hydrogen-bond acceptors (Lipinski definition) is 7. The molecule has 0 unspecified atom stereocenters. The summed E-state index contributed by atoms with van der Waals surface area (Å²) in [6.07, 6.45) is 0. The number of thioether (sulfide) groups is 1. The van der Waals surface area contributed by atoms with Gasteiger partial charge >= 0.3 is 0 Å². The van der Waals surface area contributed by atoms with Crippen LogP contribution in [0.25, 0.3) is 11.4 Å². The molecule has 0 radical (unpaired) electrons. The summed E-state index contributed by atoms with van der Waals surface area (Å²) < 4.78 is 10.5. The van der Waals surface area contributed by atoms with Gasteiger partial charge in [-0.1, -0.05) is 11.8 Å². The van der Waals surface area contributed by atoms with Gasteiger partial charge in [0.15, 0.2) is 5.82 Å². The summed E-state index contributed by atoms with van der Waals surface area (Å²) in [5.74, 6) is 1.77. The monoisotopic (exact) mass is 375 g/mol. The molecule has 1 N–H and O–H groups in total. The molecule has 26 heavy (non-hydrogen) atoms. The zero-order valence-corrected chi connectivity index (χ0v) is 16.2. The van der Waals surface area contributed by atoms with E-state index in [1.807, 2.05) is 6.07 Å². The largest absolute Gasteiger partial charge is 0.497 e. The number of methoxy groups -OCH3 is 2. The van der Waals surface area contributed by atoms with E-state index < -0.39 is 5.54 Å². The van der Waals surface area contributed by atoms with E-state index in [1.54, 1.807) is 47.2 Å². The first-order chi connectivity index (χ1) is 12.3. The predicted molar refractivity (Wildman–Crippen MR) is 98.1 cm³/mol. The van der Waals surface area contributed by atoms with Crippen LogP contribution in [0, 0.1) is 11.3 Å². The molecule has 2 aromatic rings. The third-order valence-electron chi connectivity index (χ3n) is 3.94. The summed E-state index contributed by atoms with van der Waals surface area (Å²) in [6, 6.07) is 7.48. The van der Waals surface area contributed by atoms with Crippen molar-refractivity contribution >= 4 is 17.7 Å². The van der Waals surface area contributed by atoms with E-state index in [1.165, 1.54) is 16.7 Å². The fourth-order valence-electron chi connectivity index (χ4n) is 2.04. The Bertz CT molecular complexity index is 828. The Balaban J connectivity index is 2.09. The molecule has 1 aromatic carbocycles. The maximum Gasteiger partial charge on any atom is 0.234 e. The van der Waals surface area contributed by atoms with E-state index in [0.717, 1.165) is 5.56 Å². The molecular weight excluding hydrogens is 354 g/mol. The molecule has 0 aliphatic carbocycles. The predicted octanol–water partition coefficient (Wildman–Crippen LogP) is 2.34. The summed E-state index contributed by atoms with van der Waals surface area (Å²) in [5.41, 5.74) is -0.125. The molecule has 1 heterocycles. The van der Waals surface area contributed by atoms with E-state index in [4.69, 9.17) is 14.7 Å². The molecule has 9 heteroatoms. The highest BCUT2D eigenvalue weighted by molar-refractivity contribution is 7.99. The number of carbonyl (C=O) groups is 1. The number of aromatic nitrogens is 3. The van der Waals surface area contributed by atoms with Crippen LogP contribution in [-0.2, 0) is 4.79 Å². The third kappa shape index (κ3) is 4.26. The topological polar surface area (TPSA) is 104 Å². The van der Waals surface area contributed by atoms with Crippen LogP contribution in [0.15, 0.2) is 23.4 Å². The van der Waals surface area contributed by atoms with Crippen LogP contribution < -0.4 is 9.47 Å². The Labute approximate surface area is 156 Å². The lowest BCUT2D eigenvalue weighted by Gasteiger charge is -2.28. The lowest BCUT2D eigenvalue weighted by Crippen LogP contribution is -2.44. The van der Waals surface area contributed by atoms with Crippen molar-refractivity contribution in [3.63, 3.8) is 0 Å². The molecule has 0 aliphatic heterocycles. The summed E-state index contributed by atoms with van der Waals surface area (Å²) >= 11 is 1.20. The van der Waals surface area contributed by atoms with Gasteiger partial charge in [0.1, 0.15) is 17.0 Å². The number of nitrogens with zero attached hydrogens (tertiary/aromatic N) is 4. The zero-order chi connectivity index (χ0) is 19.3. The first-order valence-electron chi connectivity index (χ1n) is 7.78. The SMILES string of the molecule is COc1ccc(-c2nc(SCC(=O)N(C)C(C)(C)C#N)n[nH]2)c(OC)c1. The van der Waals surface area contributed by atoms with Gasteiger partial charge in [-0.2, -0.15) is 5.26 Å². The number of benzene rings is 1. The lowest BCUT2D eigenvalue weighted by atomic mass is 10.1. The molecule has 1 amide bonds. The first kappa shape index (κ1) is 19.6. The molecule has 0 aliphatic rings. The summed E-state index contributed by atoms with van der Waals surface area (Å²) in [7, 11) is 4.76. The highest BCUT2D eigenvalue weighted by atomic mass is 32.2. The number of rotatable bonds is 7. The molecule has 138 valence electrons. The lowest BCUT2D eigenvalue weighted by molar-refractivity contribution is -0.130. The van der Waals surface area contributed by atoms with Crippen molar-refractivity contribution in [1.82, 2.24) is 20.1 Å². The van der Waals surface area contributed by atoms with E-state index in [9.17, 15) is 4.79 Å². The minimum atomic E-state index is -0.863. The number of ether oxygens (including phenoxy) is 2. The van der Waals surface area contributed by atoms with E-state index >= 15 is 0 Å². The van der Waals surface area contributed by atoms with Crippen LogP contribution in [0.3, 0.4) is 0 Å². The van der Waals surface area contributed by atoms with Gasteiger partial charge in [0.2, 0.25) is 11.1 Å². The molecule has 2 rings (SSSR count). The second-order valence-electron chi connectivity index (χ2n) is 5.95. The van der Waals surface area contributed by atoms with Gasteiger partial charge in [0.25, 0.3) is 0 Å². The molecule has 8 nitrogen and oxygen atoms in total. The average Bonchev–Trinajstić information content (AvgIpc) is 3.13. The normalized spacial score (nSPS) is 10.9. The summed E-state index contributed by atoms with van der Waals surface area (Å²) in [5, 5.41) is 16.5. The number of H-pyrrole nitrogens is 1. The van der Waals surface area contributed by atoms with Gasteiger partial charge in [0.05, 0.1) is 31.6 Å². The second kappa shape index (κ2) is 8.10. The maximum absolute atomic E-state index is 12.2. The Morgan fingerprint density at radius 1 is 1.38 bits per heavy atom. The number of hydrogen-bond donors (Lipinski definition) is 1. The molecule has 0 atom stereocenters. The van der Waals surface area contributed by atoms with E-state index in [0.29, 0.717) is 22.5 Å². The fourth-order valence-corrected chi connectivity index (χ4v) is 2.75. The standard InChI is InChI=1S/C17H21N5O3S/c1-17(2,10-18)22(3)14(23)9-26-16-19-15(20-21-16)12-7-6-11(24-4)8-13(12)25-5/h6-8H,9H2,1-5H3,(H,19,20,21). The van der Waals surface area contributed by atoms with Crippen molar-refractivity contribution in [2.45, 2.75) is 24.5 Å². The van der Waals surface area contributed by atoms with Crippen molar-refractivity contribution in [3.05, 3.63) is 18.2 Å². The van der Waals surface area contributed by atoms with Gasteiger partial charge in [-0.3, -0.25) is 9.89 Å². The van der Waals surface area contributed by atoms with E-state index in [-0.39, 0.29) is 11.7 Å². The highest BCUT2D eigenvalue weighted by Gasteiger charge is 2.27. The van der Waals surface area contributed by atoms with Crippen molar-refractivity contribution in [1.29, 1.82) is 5.26 Å². The smallest absolute Gasteiger partial charge is 0.234 e. The van der Waals surface area contributed by atoms with E-state index in [2.05, 4.69) is 21.3 Å². The Morgan fingerprint density at radius 2 is 2.12 bits per heavy atom. The van der Waals surface area contributed by atoms with Crippen LogP contribution in [-0.4, -0.2) is 58.5 Å². The fraction of sp³-hybridized carbons (Fsp3) is 0.412. The number of aromatic amines is 1. The van der Waals surface area contributed by atoms with Gasteiger partial charge in [-0.05, 0) is 26.0 Å². The van der Waals surface area contributed by atoms with Crippen LogP contribution >= 0.6 is 11.8 Å². The summed E-state index contributed by atoms with van der Waals surface area (Å²) in [6.45, 7) is 3.38. The molecule has 0 bridgehead atoms. The van der Waals surface area contributed by atoms with Gasteiger partial charge in [-0.15, -0.1) is 5.10 Å². The molecule has 0 spiro atoms. The van der Waals surface area contributed by atoms with Crippen LogP contribution in [0.2, 0.25) is 0 Å². The Morgan fingerprint density at radius 3 is 2.73 bits per heavy atom. The summed E-state index contributed by atoms with van der Waals surface area (Å²) in [4.78, 5) is 18.0. The molecule has 1 aromatic heterocycles.